The van der Waals surface area contributed by atoms with Gasteiger partial charge in [-0.1, -0.05) is 31.2 Å². The summed E-state index contributed by atoms with van der Waals surface area (Å²) >= 11 is 0. The molecule has 148 valence electrons. The molecule has 3 rings (SSSR count). The van der Waals surface area contributed by atoms with Gasteiger partial charge >= 0.3 is 0 Å². The molecule has 0 unspecified atom stereocenters. The van der Waals surface area contributed by atoms with Gasteiger partial charge in [0.25, 0.3) is 0 Å². The van der Waals surface area contributed by atoms with Gasteiger partial charge < -0.3 is 15.0 Å². The number of carbonyl (C=O) groups excluding carboxylic acids is 2. The van der Waals surface area contributed by atoms with E-state index in [0.717, 1.165) is 23.4 Å². The lowest BCUT2D eigenvalue weighted by molar-refractivity contribution is -0.126. The summed E-state index contributed by atoms with van der Waals surface area (Å²) in [7, 11) is 0. The van der Waals surface area contributed by atoms with Crippen LogP contribution in [0.4, 0.5) is 5.69 Å². The first kappa shape index (κ1) is 19.9. The third-order valence-corrected chi connectivity index (χ3v) is 4.91. The highest BCUT2D eigenvalue weighted by atomic mass is 16.5. The Hall–Kier alpha value is -2.82. The average molecular weight is 380 g/mol. The van der Waals surface area contributed by atoms with E-state index in [0.29, 0.717) is 13.1 Å². The van der Waals surface area contributed by atoms with E-state index < -0.39 is 0 Å². The molecule has 1 atom stereocenters. The summed E-state index contributed by atoms with van der Waals surface area (Å²) in [5.41, 5.74) is 3.14. The Morgan fingerprint density at radius 2 is 1.75 bits per heavy atom. The summed E-state index contributed by atoms with van der Waals surface area (Å²) in [6.45, 7) is 6.95. The number of anilines is 1. The Bertz CT molecular complexity index is 813. The maximum Gasteiger partial charge on any atom is 0.227 e. The van der Waals surface area contributed by atoms with Gasteiger partial charge in [-0.05, 0) is 55.7 Å². The van der Waals surface area contributed by atoms with Crippen molar-refractivity contribution in [2.75, 3.05) is 11.4 Å². The first-order valence-electron chi connectivity index (χ1n) is 9.89. The van der Waals surface area contributed by atoms with Crippen molar-refractivity contribution >= 4 is 17.5 Å². The molecule has 2 amide bonds. The summed E-state index contributed by atoms with van der Waals surface area (Å²) in [6, 6.07) is 15.7. The van der Waals surface area contributed by atoms with Crippen molar-refractivity contribution in [2.45, 2.75) is 46.3 Å². The smallest absolute Gasteiger partial charge is 0.227 e. The monoisotopic (exact) mass is 380 g/mol. The van der Waals surface area contributed by atoms with Crippen molar-refractivity contribution in [2.24, 2.45) is 5.92 Å². The Kier molecular flexibility index (Phi) is 6.34. The molecule has 0 radical (unpaired) electrons. The van der Waals surface area contributed by atoms with Crippen LogP contribution in [0.3, 0.4) is 0 Å². The third-order valence-electron chi connectivity index (χ3n) is 4.91. The standard InChI is InChI=1S/C23H28N2O3/c1-4-17-5-7-18(8-6-17)14-24-23(27)19-13-22(26)25(15-19)20-9-11-21(12-10-20)28-16(2)3/h5-12,16,19H,4,13-15H2,1-3H3,(H,24,27)/t19-/m1/s1. The summed E-state index contributed by atoms with van der Waals surface area (Å²) in [5, 5.41) is 2.96. The molecule has 0 spiro atoms. The fourth-order valence-corrected chi connectivity index (χ4v) is 3.34. The molecule has 0 aliphatic carbocycles. The number of benzene rings is 2. The number of nitrogens with zero attached hydrogens (tertiary/aromatic N) is 1. The minimum atomic E-state index is -0.325. The van der Waals surface area contributed by atoms with Gasteiger partial charge in [0.1, 0.15) is 5.75 Å². The van der Waals surface area contributed by atoms with Crippen molar-refractivity contribution < 1.29 is 14.3 Å². The molecule has 1 fully saturated rings. The lowest BCUT2D eigenvalue weighted by Gasteiger charge is -2.18. The largest absolute Gasteiger partial charge is 0.491 e. The molecule has 1 aliphatic rings. The van der Waals surface area contributed by atoms with Gasteiger partial charge in [-0.2, -0.15) is 0 Å². The molecule has 28 heavy (non-hydrogen) atoms. The lowest BCUT2D eigenvalue weighted by Crippen LogP contribution is -2.32. The SMILES string of the molecule is CCc1ccc(CNC(=O)[C@@H]2CC(=O)N(c3ccc(OC(C)C)cc3)C2)cc1. The van der Waals surface area contributed by atoms with Gasteiger partial charge in [-0.3, -0.25) is 9.59 Å². The maximum absolute atomic E-state index is 12.5. The van der Waals surface area contributed by atoms with Crippen LogP contribution in [-0.2, 0) is 22.6 Å². The minimum Gasteiger partial charge on any atom is -0.491 e. The van der Waals surface area contributed by atoms with Crippen molar-refractivity contribution in [1.29, 1.82) is 0 Å². The number of aryl methyl sites for hydroxylation is 1. The number of hydrogen-bond donors (Lipinski definition) is 1. The van der Waals surface area contributed by atoms with Crippen LogP contribution in [0.1, 0.15) is 38.3 Å². The molecule has 0 saturated carbocycles. The summed E-state index contributed by atoms with van der Waals surface area (Å²) in [4.78, 5) is 26.6. The molecule has 1 saturated heterocycles. The molecular weight excluding hydrogens is 352 g/mol. The van der Waals surface area contributed by atoms with Crippen LogP contribution < -0.4 is 15.0 Å². The van der Waals surface area contributed by atoms with Crippen molar-refractivity contribution in [3.05, 3.63) is 59.7 Å². The topological polar surface area (TPSA) is 58.6 Å². The molecule has 1 heterocycles. The van der Waals surface area contributed by atoms with Crippen LogP contribution in [0.5, 0.6) is 5.75 Å². The van der Waals surface area contributed by atoms with Gasteiger partial charge in [-0.15, -0.1) is 0 Å². The number of rotatable bonds is 7. The van der Waals surface area contributed by atoms with Gasteiger partial charge in [0.15, 0.2) is 0 Å². The van der Waals surface area contributed by atoms with Gasteiger partial charge in [0.2, 0.25) is 11.8 Å². The molecule has 2 aromatic carbocycles. The van der Waals surface area contributed by atoms with E-state index in [1.165, 1.54) is 5.56 Å². The second-order valence-corrected chi connectivity index (χ2v) is 7.45. The predicted octanol–water partition coefficient (Wildman–Crippen LogP) is 3.71. The molecule has 2 aromatic rings. The zero-order valence-electron chi connectivity index (χ0n) is 16.8. The maximum atomic E-state index is 12.5. The van der Waals surface area contributed by atoms with E-state index in [9.17, 15) is 9.59 Å². The van der Waals surface area contributed by atoms with Crippen LogP contribution >= 0.6 is 0 Å². The summed E-state index contributed by atoms with van der Waals surface area (Å²) in [6.07, 6.45) is 1.34. The number of carbonyl (C=O) groups is 2. The highest BCUT2D eigenvalue weighted by molar-refractivity contribution is 6.00. The highest BCUT2D eigenvalue weighted by Gasteiger charge is 2.35. The summed E-state index contributed by atoms with van der Waals surface area (Å²) in [5.74, 6) is 0.350. The van der Waals surface area contributed by atoms with Gasteiger partial charge in [-0.25, -0.2) is 0 Å². The van der Waals surface area contributed by atoms with Crippen LogP contribution in [0, 0.1) is 5.92 Å². The normalized spacial score (nSPS) is 16.5. The van der Waals surface area contributed by atoms with Crippen LogP contribution in [0.15, 0.2) is 48.5 Å². The minimum absolute atomic E-state index is 0.0232. The second-order valence-electron chi connectivity index (χ2n) is 7.45. The van der Waals surface area contributed by atoms with Crippen LogP contribution in [0.25, 0.3) is 0 Å². The molecule has 5 heteroatoms. The Morgan fingerprint density at radius 3 is 2.36 bits per heavy atom. The molecule has 0 aromatic heterocycles. The second kappa shape index (κ2) is 8.91. The quantitative estimate of drug-likeness (QED) is 0.797. The number of amides is 2. The predicted molar refractivity (Wildman–Crippen MR) is 110 cm³/mol. The van der Waals surface area contributed by atoms with Crippen molar-refractivity contribution in [3.8, 4) is 5.75 Å². The Balaban J connectivity index is 1.56. The van der Waals surface area contributed by atoms with E-state index in [1.807, 2.05) is 50.2 Å². The number of hydrogen-bond acceptors (Lipinski definition) is 3. The van der Waals surface area contributed by atoms with Crippen molar-refractivity contribution in [3.63, 3.8) is 0 Å². The van der Waals surface area contributed by atoms with E-state index in [4.69, 9.17) is 4.74 Å². The summed E-state index contributed by atoms with van der Waals surface area (Å²) < 4.78 is 5.64. The van der Waals surface area contributed by atoms with Gasteiger partial charge in [0.05, 0.1) is 12.0 Å². The number of ether oxygens (including phenoxy) is 1. The van der Waals surface area contributed by atoms with Crippen molar-refractivity contribution in [1.82, 2.24) is 5.32 Å². The molecule has 5 nitrogen and oxygen atoms in total. The molecule has 0 bridgehead atoms. The molecular formula is C23H28N2O3. The average Bonchev–Trinajstić information content (AvgIpc) is 3.08. The number of nitrogens with one attached hydrogen (secondary N) is 1. The fraction of sp³-hybridized carbons (Fsp3) is 0.391. The molecule has 1 aliphatic heterocycles. The fourth-order valence-electron chi connectivity index (χ4n) is 3.34. The highest BCUT2D eigenvalue weighted by Crippen LogP contribution is 2.27. The van der Waals surface area contributed by atoms with Crippen LogP contribution in [0.2, 0.25) is 0 Å². The van der Waals surface area contributed by atoms with E-state index in [-0.39, 0.29) is 30.3 Å². The first-order chi connectivity index (χ1) is 13.5. The van der Waals surface area contributed by atoms with E-state index >= 15 is 0 Å². The lowest BCUT2D eigenvalue weighted by atomic mass is 10.1. The van der Waals surface area contributed by atoms with E-state index in [2.05, 4.69) is 24.4 Å². The van der Waals surface area contributed by atoms with E-state index in [1.54, 1.807) is 4.90 Å². The zero-order chi connectivity index (χ0) is 20.1. The zero-order valence-corrected chi connectivity index (χ0v) is 16.8. The Labute approximate surface area is 166 Å². The van der Waals surface area contributed by atoms with Gasteiger partial charge in [0, 0.05) is 25.2 Å². The first-order valence-corrected chi connectivity index (χ1v) is 9.89. The van der Waals surface area contributed by atoms with Crippen LogP contribution in [-0.4, -0.2) is 24.5 Å². The molecule has 1 N–H and O–H groups in total. The third kappa shape index (κ3) is 4.91. The Morgan fingerprint density at radius 1 is 1.11 bits per heavy atom.